The molecule has 0 aromatic rings. The van der Waals surface area contributed by atoms with Gasteiger partial charge in [-0.1, -0.05) is 13.0 Å². The van der Waals surface area contributed by atoms with Crippen molar-refractivity contribution >= 4 is 5.91 Å². The van der Waals surface area contributed by atoms with Crippen LogP contribution in [0.2, 0.25) is 0 Å². The zero-order valence-electron chi connectivity index (χ0n) is 10.5. The highest BCUT2D eigenvalue weighted by molar-refractivity contribution is 5.87. The van der Waals surface area contributed by atoms with E-state index in [-0.39, 0.29) is 31.1 Å². The van der Waals surface area contributed by atoms with Gasteiger partial charge < -0.3 is 27.3 Å². The van der Waals surface area contributed by atoms with Crippen molar-refractivity contribution in [2.75, 3.05) is 27.2 Å². The number of quaternary nitrogens is 1. The quantitative estimate of drug-likeness (QED) is 0.311. The average Bonchev–Trinajstić information content (AvgIpc) is 2.14. The molecule has 0 aliphatic carbocycles. The van der Waals surface area contributed by atoms with Gasteiger partial charge in [0.1, 0.15) is 6.54 Å². The molecule has 0 fully saturated rings. The SMILES string of the molecule is CC=CC(=O)NC(CC)[N+](C)(C)CCO.[Cl-]. The summed E-state index contributed by atoms with van der Waals surface area (Å²) >= 11 is 0. The van der Waals surface area contributed by atoms with Gasteiger partial charge in [0.15, 0.2) is 6.17 Å². The molecule has 0 radical (unpaired) electrons. The Kier molecular flexibility index (Phi) is 9.52. The van der Waals surface area contributed by atoms with Gasteiger partial charge in [0.2, 0.25) is 5.91 Å². The van der Waals surface area contributed by atoms with Gasteiger partial charge in [0.05, 0.1) is 20.7 Å². The number of nitrogens with zero attached hydrogens (tertiary/aromatic N) is 1. The first-order valence-electron chi connectivity index (χ1n) is 5.34. The summed E-state index contributed by atoms with van der Waals surface area (Å²) in [7, 11) is 4.00. The van der Waals surface area contributed by atoms with Gasteiger partial charge in [-0.3, -0.25) is 4.79 Å². The van der Waals surface area contributed by atoms with Crippen molar-refractivity contribution in [3.8, 4) is 0 Å². The number of carbonyl (C=O) groups is 1. The van der Waals surface area contributed by atoms with E-state index in [9.17, 15) is 4.79 Å². The molecular formula is C11H23ClN2O2. The molecule has 1 amide bonds. The smallest absolute Gasteiger partial charge is 0.248 e. The van der Waals surface area contributed by atoms with Crippen LogP contribution in [0.25, 0.3) is 0 Å². The van der Waals surface area contributed by atoms with Crippen LogP contribution in [0, 0.1) is 0 Å². The largest absolute Gasteiger partial charge is 1.00 e. The second-order valence-electron chi connectivity index (χ2n) is 4.16. The second-order valence-corrected chi connectivity index (χ2v) is 4.16. The van der Waals surface area contributed by atoms with Crippen LogP contribution < -0.4 is 17.7 Å². The van der Waals surface area contributed by atoms with Gasteiger partial charge in [0.25, 0.3) is 0 Å². The summed E-state index contributed by atoms with van der Waals surface area (Å²) in [5.74, 6) is -0.0755. The lowest BCUT2D eigenvalue weighted by molar-refractivity contribution is -0.917. The Hall–Kier alpha value is -0.580. The molecule has 0 aliphatic rings. The number of aliphatic hydroxyl groups is 1. The summed E-state index contributed by atoms with van der Waals surface area (Å²) in [6, 6.07) is 0. The van der Waals surface area contributed by atoms with Crippen LogP contribution in [0.1, 0.15) is 20.3 Å². The normalized spacial score (nSPS) is 13.3. The van der Waals surface area contributed by atoms with Crippen LogP contribution in [0.5, 0.6) is 0 Å². The van der Waals surface area contributed by atoms with Crippen molar-refractivity contribution in [3.63, 3.8) is 0 Å². The van der Waals surface area contributed by atoms with Crippen molar-refractivity contribution in [2.45, 2.75) is 26.4 Å². The first-order valence-corrected chi connectivity index (χ1v) is 5.34. The maximum absolute atomic E-state index is 11.4. The Morgan fingerprint density at radius 2 is 2.06 bits per heavy atom. The van der Waals surface area contributed by atoms with Crippen LogP contribution in [0.15, 0.2) is 12.2 Å². The van der Waals surface area contributed by atoms with Crippen molar-refractivity contribution in [1.29, 1.82) is 0 Å². The zero-order valence-corrected chi connectivity index (χ0v) is 11.3. The molecule has 0 saturated heterocycles. The molecule has 96 valence electrons. The second kappa shape index (κ2) is 8.56. The Morgan fingerprint density at radius 1 is 1.50 bits per heavy atom. The van der Waals surface area contributed by atoms with Gasteiger partial charge in [0, 0.05) is 6.42 Å². The number of hydrogen-bond donors (Lipinski definition) is 2. The summed E-state index contributed by atoms with van der Waals surface area (Å²) in [5, 5.41) is 11.9. The van der Waals surface area contributed by atoms with E-state index in [0.29, 0.717) is 11.0 Å². The van der Waals surface area contributed by atoms with E-state index in [1.807, 2.05) is 27.9 Å². The highest BCUT2D eigenvalue weighted by Gasteiger charge is 2.26. The summed E-state index contributed by atoms with van der Waals surface area (Å²) < 4.78 is 0.594. The van der Waals surface area contributed by atoms with Gasteiger partial charge in [-0.2, -0.15) is 0 Å². The van der Waals surface area contributed by atoms with E-state index in [0.717, 1.165) is 6.42 Å². The minimum Gasteiger partial charge on any atom is -1.00 e. The highest BCUT2D eigenvalue weighted by atomic mass is 35.5. The number of carbonyl (C=O) groups excluding carboxylic acids is 1. The molecule has 0 aromatic carbocycles. The topological polar surface area (TPSA) is 49.3 Å². The lowest BCUT2D eigenvalue weighted by Crippen LogP contribution is -3.00. The maximum Gasteiger partial charge on any atom is 0.248 e. The van der Waals surface area contributed by atoms with E-state index in [1.165, 1.54) is 6.08 Å². The molecule has 0 heterocycles. The number of allylic oxidation sites excluding steroid dienone is 1. The lowest BCUT2D eigenvalue weighted by atomic mass is 10.2. The first-order chi connectivity index (χ1) is 6.97. The molecule has 0 saturated carbocycles. The number of likely N-dealkylation sites (N-methyl/N-ethyl adjacent to an activating group) is 1. The fourth-order valence-corrected chi connectivity index (χ4v) is 1.55. The molecule has 0 spiro atoms. The average molecular weight is 251 g/mol. The van der Waals surface area contributed by atoms with Gasteiger partial charge in [-0.15, -0.1) is 0 Å². The van der Waals surface area contributed by atoms with Crippen molar-refractivity contribution in [2.24, 2.45) is 0 Å². The third-order valence-electron chi connectivity index (χ3n) is 2.53. The summed E-state index contributed by atoms with van der Waals surface area (Å²) in [5.41, 5.74) is 0. The predicted molar refractivity (Wildman–Crippen MR) is 61.1 cm³/mol. The van der Waals surface area contributed by atoms with Gasteiger partial charge >= 0.3 is 0 Å². The van der Waals surface area contributed by atoms with E-state index < -0.39 is 0 Å². The summed E-state index contributed by atoms with van der Waals surface area (Å²) in [4.78, 5) is 11.4. The number of hydrogen-bond acceptors (Lipinski definition) is 2. The number of rotatable bonds is 6. The molecule has 2 N–H and O–H groups in total. The zero-order chi connectivity index (χ0) is 11.9. The maximum atomic E-state index is 11.4. The minimum absolute atomic E-state index is 0. The van der Waals surface area contributed by atoms with Crippen molar-refractivity contribution < 1.29 is 26.8 Å². The molecule has 0 bridgehead atoms. The standard InChI is InChI=1S/C11H22N2O2.ClH/c1-5-7-11(15)12-10(6-2)13(3,4)8-9-14;/h5,7,10,14H,6,8-9H2,1-4H3;1H. The minimum atomic E-state index is -0.0755. The number of amides is 1. The summed E-state index contributed by atoms with van der Waals surface area (Å²) in [6.45, 7) is 4.60. The molecule has 5 heteroatoms. The number of nitrogens with one attached hydrogen (secondary N) is 1. The van der Waals surface area contributed by atoms with Crippen LogP contribution in [0.4, 0.5) is 0 Å². The Morgan fingerprint density at radius 3 is 2.44 bits per heavy atom. The van der Waals surface area contributed by atoms with E-state index in [2.05, 4.69) is 5.32 Å². The summed E-state index contributed by atoms with van der Waals surface area (Å²) in [6.07, 6.45) is 4.12. The molecule has 0 aromatic heterocycles. The monoisotopic (exact) mass is 250 g/mol. The fraction of sp³-hybridized carbons (Fsp3) is 0.727. The van der Waals surface area contributed by atoms with E-state index >= 15 is 0 Å². The Labute approximate surface area is 104 Å². The number of halogens is 1. The molecular weight excluding hydrogens is 228 g/mol. The molecule has 1 unspecified atom stereocenters. The fourth-order valence-electron chi connectivity index (χ4n) is 1.55. The molecule has 0 aliphatic heterocycles. The lowest BCUT2D eigenvalue weighted by Gasteiger charge is -2.37. The van der Waals surface area contributed by atoms with Crippen LogP contribution in [0.3, 0.4) is 0 Å². The van der Waals surface area contributed by atoms with Gasteiger partial charge in [-0.25, -0.2) is 0 Å². The molecule has 0 rings (SSSR count). The molecule has 16 heavy (non-hydrogen) atoms. The van der Waals surface area contributed by atoms with E-state index in [1.54, 1.807) is 6.08 Å². The Bertz CT molecular complexity index is 230. The van der Waals surface area contributed by atoms with Crippen molar-refractivity contribution in [3.05, 3.63) is 12.2 Å². The van der Waals surface area contributed by atoms with E-state index in [4.69, 9.17) is 5.11 Å². The number of aliphatic hydroxyl groups excluding tert-OH is 1. The first kappa shape index (κ1) is 17.8. The predicted octanol–water partition coefficient (Wildman–Crippen LogP) is -2.51. The van der Waals surface area contributed by atoms with Gasteiger partial charge in [-0.05, 0) is 13.0 Å². The van der Waals surface area contributed by atoms with Crippen molar-refractivity contribution in [1.82, 2.24) is 5.32 Å². The van der Waals surface area contributed by atoms with Crippen LogP contribution in [-0.4, -0.2) is 48.9 Å². The third kappa shape index (κ3) is 6.10. The Balaban J connectivity index is 0. The molecule has 4 nitrogen and oxygen atoms in total. The molecule has 1 atom stereocenters. The van der Waals surface area contributed by atoms with Crippen LogP contribution in [-0.2, 0) is 4.79 Å². The third-order valence-corrected chi connectivity index (χ3v) is 2.53. The van der Waals surface area contributed by atoms with Crippen LogP contribution >= 0.6 is 0 Å². The highest BCUT2D eigenvalue weighted by Crippen LogP contribution is 2.07.